The van der Waals surface area contributed by atoms with E-state index in [1.165, 1.54) is 0 Å². The first-order valence-corrected chi connectivity index (χ1v) is 7.77. The minimum atomic E-state index is -0.903. The van der Waals surface area contributed by atoms with Gasteiger partial charge in [0.05, 0.1) is 11.3 Å². The van der Waals surface area contributed by atoms with Crippen LogP contribution in [0.3, 0.4) is 0 Å². The highest BCUT2D eigenvalue weighted by molar-refractivity contribution is 6.13. The summed E-state index contributed by atoms with van der Waals surface area (Å²) >= 11 is 0. The molecule has 1 aromatic carbocycles. The van der Waals surface area contributed by atoms with E-state index in [1.54, 1.807) is 24.3 Å². The van der Waals surface area contributed by atoms with E-state index < -0.39 is 5.41 Å². The van der Waals surface area contributed by atoms with E-state index >= 15 is 0 Å². The predicted octanol–water partition coefficient (Wildman–Crippen LogP) is 2.29. The minimum absolute atomic E-state index is 0.0425. The largest absolute Gasteiger partial charge is 0.342 e. The molecule has 0 bridgehead atoms. The summed E-state index contributed by atoms with van der Waals surface area (Å²) in [6.07, 6.45) is 4.38. The molecule has 0 aromatic heterocycles. The molecular weight excluding hydrogens is 278 g/mol. The summed E-state index contributed by atoms with van der Waals surface area (Å²) < 4.78 is 0. The van der Waals surface area contributed by atoms with Crippen molar-refractivity contribution in [3.8, 4) is 6.07 Å². The molecule has 1 N–H and O–H groups in total. The van der Waals surface area contributed by atoms with Crippen molar-refractivity contribution in [3.05, 3.63) is 29.8 Å². The third-order valence-corrected chi connectivity index (χ3v) is 4.53. The molecule has 1 saturated heterocycles. The number of nitrogens with one attached hydrogen (secondary N) is 1. The van der Waals surface area contributed by atoms with Gasteiger partial charge in [-0.2, -0.15) is 5.26 Å². The summed E-state index contributed by atoms with van der Waals surface area (Å²) in [4.78, 5) is 27.1. The zero-order valence-electron chi connectivity index (χ0n) is 12.5. The lowest BCUT2D eigenvalue weighted by Crippen LogP contribution is -2.45. The Hall–Kier alpha value is -2.35. The van der Waals surface area contributed by atoms with Gasteiger partial charge in [0, 0.05) is 13.1 Å². The summed E-state index contributed by atoms with van der Waals surface area (Å²) in [5.41, 5.74) is -0.00955. The number of rotatable bonds is 3. The van der Waals surface area contributed by atoms with Crippen molar-refractivity contribution < 1.29 is 9.59 Å². The Labute approximate surface area is 129 Å². The van der Waals surface area contributed by atoms with E-state index in [0.717, 1.165) is 32.4 Å². The Bertz CT molecular complexity index is 638. The van der Waals surface area contributed by atoms with Crippen LogP contribution >= 0.6 is 0 Å². The van der Waals surface area contributed by atoms with Gasteiger partial charge in [0.1, 0.15) is 11.5 Å². The lowest BCUT2D eigenvalue weighted by molar-refractivity contribution is -0.143. The number of nitrogens with zero attached hydrogens (tertiary/aromatic N) is 2. The van der Waals surface area contributed by atoms with E-state index in [9.17, 15) is 9.59 Å². The Kier molecular flexibility index (Phi) is 3.84. The molecule has 1 heterocycles. The van der Waals surface area contributed by atoms with Crippen molar-refractivity contribution in [1.82, 2.24) is 4.90 Å². The Morgan fingerprint density at radius 1 is 1.14 bits per heavy atom. The fourth-order valence-electron chi connectivity index (χ4n) is 2.99. The number of para-hydroxylation sites is 1. The maximum atomic E-state index is 12.7. The first-order valence-electron chi connectivity index (χ1n) is 7.77. The number of hydrogen-bond acceptors (Lipinski definition) is 3. The molecule has 2 fully saturated rings. The summed E-state index contributed by atoms with van der Waals surface area (Å²) in [7, 11) is 0. The minimum Gasteiger partial charge on any atom is -0.342 e. The van der Waals surface area contributed by atoms with Crippen molar-refractivity contribution in [2.75, 3.05) is 18.4 Å². The molecule has 3 rings (SSSR count). The number of nitriles is 1. The molecule has 1 aliphatic carbocycles. The van der Waals surface area contributed by atoms with E-state index in [2.05, 4.69) is 11.4 Å². The van der Waals surface area contributed by atoms with E-state index in [1.807, 2.05) is 4.90 Å². The number of piperidine rings is 1. The third-order valence-electron chi connectivity index (χ3n) is 4.53. The van der Waals surface area contributed by atoms with Gasteiger partial charge in [-0.25, -0.2) is 0 Å². The number of amides is 2. The fraction of sp³-hybridized carbons (Fsp3) is 0.471. The molecule has 2 amide bonds. The van der Waals surface area contributed by atoms with Crippen LogP contribution in [-0.4, -0.2) is 29.8 Å². The van der Waals surface area contributed by atoms with Gasteiger partial charge < -0.3 is 10.2 Å². The van der Waals surface area contributed by atoms with Crippen molar-refractivity contribution in [2.45, 2.75) is 32.1 Å². The molecule has 1 aliphatic heterocycles. The van der Waals surface area contributed by atoms with Crippen LogP contribution in [0, 0.1) is 16.7 Å². The number of carbonyl (C=O) groups is 2. The molecule has 114 valence electrons. The molecule has 1 saturated carbocycles. The molecule has 0 spiro atoms. The van der Waals surface area contributed by atoms with Crippen molar-refractivity contribution >= 4 is 17.5 Å². The van der Waals surface area contributed by atoms with Gasteiger partial charge in [0.15, 0.2) is 0 Å². The third kappa shape index (κ3) is 2.57. The summed E-state index contributed by atoms with van der Waals surface area (Å²) in [6.45, 7) is 1.51. The quantitative estimate of drug-likeness (QED) is 0.870. The number of likely N-dealkylation sites (tertiary alicyclic amines) is 1. The monoisotopic (exact) mass is 297 g/mol. The maximum absolute atomic E-state index is 12.7. The van der Waals surface area contributed by atoms with Crippen molar-refractivity contribution in [1.29, 1.82) is 5.26 Å². The molecule has 0 radical (unpaired) electrons. The summed E-state index contributed by atoms with van der Waals surface area (Å²) in [5, 5.41) is 11.9. The van der Waals surface area contributed by atoms with Gasteiger partial charge in [-0.15, -0.1) is 0 Å². The highest BCUT2D eigenvalue weighted by Gasteiger charge is 2.58. The predicted molar refractivity (Wildman–Crippen MR) is 81.9 cm³/mol. The molecule has 2 aliphatic rings. The van der Waals surface area contributed by atoms with Crippen LogP contribution in [-0.2, 0) is 9.59 Å². The number of anilines is 1. The van der Waals surface area contributed by atoms with Crippen LogP contribution in [0.15, 0.2) is 24.3 Å². The second-order valence-corrected chi connectivity index (χ2v) is 6.05. The Morgan fingerprint density at radius 3 is 2.45 bits per heavy atom. The van der Waals surface area contributed by atoms with Gasteiger partial charge in [0.2, 0.25) is 11.8 Å². The van der Waals surface area contributed by atoms with E-state index in [0.29, 0.717) is 24.1 Å². The number of carbonyl (C=O) groups excluding carboxylic acids is 2. The molecule has 1 aromatic rings. The molecule has 0 atom stereocenters. The highest BCUT2D eigenvalue weighted by Crippen LogP contribution is 2.48. The lowest BCUT2D eigenvalue weighted by atomic mass is 10.0. The van der Waals surface area contributed by atoms with Gasteiger partial charge in [-0.1, -0.05) is 12.1 Å². The van der Waals surface area contributed by atoms with Gasteiger partial charge in [-0.3, -0.25) is 9.59 Å². The maximum Gasteiger partial charge on any atom is 0.240 e. The lowest BCUT2D eigenvalue weighted by Gasteiger charge is -2.30. The normalized spacial score (nSPS) is 19.1. The molecular formula is C17H19N3O2. The van der Waals surface area contributed by atoms with Crippen LogP contribution < -0.4 is 5.32 Å². The molecule has 5 heteroatoms. The Morgan fingerprint density at radius 2 is 1.82 bits per heavy atom. The average Bonchev–Trinajstić information content (AvgIpc) is 3.37. The SMILES string of the molecule is N#Cc1ccccc1NC(=O)C1(C(=O)N2CCCCC2)CC1. The van der Waals surface area contributed by atoms with Crippen LogP contribution in [0.5, 0.6) is 0 Å². The fourth-order valence-corrected chi connectivity index (χ4v) is 2.99. The average molecular weight is 297 g/mol. The van der Waals surface area contributed by atoms with Gasteiger partial charge in [-0.05, 0) is 44.2 Å². The van der Waals surface area contributed by atoms with Crippen molar-refractivity contribution in [2.24, 2.45) is 5.41 Å². The first kappa shape index (κ1) is 14.6. The standard InChI is InChI=1S/C17H19N3O2/c18-12-13-6-2-3-7-14(13)19-15(21)17(8-9-17)16(22)20-10-4-1-5-11-20/h2-3,6-7H,1,4-5,8-11H2,(H,19,21). The second kappa shape index (κ2) is 5.80. The molecule has 22 heavy (non-hydrogen) atoms. The van der Waals surface area contributed by atoms with Crippen LogP contribution in [0.1, 0.15) is 37.7 Å². The van der Waals surface area contributed by atoms with Crippen LogP contribution in [0.2, 0.25) is 0 Å². The first-order chi connectivity index (χ1) is 10.7. The second-order valence-electron chi connectivity index (χ2n) is 6.05. The van der Waals surface area contributed by atoms with Crippen LogP contribution in [0.25, 0.3) is 0 Å². The number of benzene rings is 1. The zero-order valence-corrected chi connectivity index (χ0v) is 12.5. The summed E-state index contributed by atoms with van der Waals surface area (Å²) in [5.74, 6) is -0.315. The summed E-state index contributed by atoms with van der Waals surface area (Å²) in [6, 6.07) is 8.92. The highest BCUT2D eigenvalue weighted by atomic mass is 16.2. The topological polar surface area (TPSA) is 73.2 Å². The Balaban J connectivity index is 1.74. The molecule has 0 unspecified atom stereocenters. The smallest absolute Gasteiger partial charge is 0.240 e. The molecule has 5 nitrogen and oxygen atoms in total. The van der Waals surface area contributed by atoms with E-state index in [-0.39, 0.29) is 11.8 Å². The van der Waals surface area contributed by atoms with Gasteiger partial charge in [0.25, 0.3) is 0 Å². The van der Waals surface area contributed by atoms with Crippen LogP contribution in [0.4, 0.5) is 5.69 Å². The number of hydrogen-bond donors (Lipinski definition) is 1. The van der Waals surface area contributed by atoms with Gasteiger partial charge >= 0.3 is 0 Å². The van der Waals surface area contributed by atoms with Crippen molar-refractivity contribution in [3.63, 3.8) is 0 Å². The zero-order chi connectivity index (χ0) is 15.6. The van der Waals surface area contributed by atoms with E-state index in [4.69, 9.17) is 5.26 Å².